The van der Waals surface area contributed by atoms with Crippen molar-refractivity contribution in [1.82, 2.24) is 15.1 Å². The van der Waals surface area contributed by atoms with Crippen LogP contribution in [0.3, 0.4) is 0 Å². The average molecular weight is 361 g/mol. The van der Waals surface area contributed by atoms with Gasteiger partial charge in [-0.2, -0.15) is 0 Å². The Hall–Kier alpha value is -2.55. The number of hydrogen-bond acceptors (Lipinski definition) is 7. The maximum absolute atomic E-state index is 12.9. The van der Waals surface area contributed by atoms with E-state index in [1.807, 2.05) is 11.8 Å². The summed E-state index contributed by atoms with van der Waals surface area (Å²) in [6.45, 7) is 4.33. The number of anilines is 2. The Labute approximate surface area is 149 Å². The van der Waals surface area contributed by atoms with E-state index in [-0.39, 0.29) is 11.8 Å². The Balaban J connectivity index is 1.34. The van der Waals surface area contributed by atoms with Crippen molar-refractivity contribution < 1.29 is 18.4 Å². The summed E-state index contributed by atoms with van der Waals surface area (Å²) in [6, 6.07) is 0. The van der Waals surface area contributed by atoms with Gasteiger partial charge in [0.05, 0.1) is 24.0 Å². The van der Waals surface area contributed by atoms with Gasteiger partial charge in [0.1, 0.15) is 0 Å². The number of halogens is 1. The Bertz CT molecular complexity index is 782. The molecule has 0 aromatic carbocycles. The standard InChI is InChI=1S/C17H20FN5O3/c1-10-14(11-2-4-25-5-3-11)22-26-16(10)21-15(24)12-8-23(9-12)17-19-6-13(18)7-20-17/h6-7,11-12H,2-5,8-9H2,1H3,(H,21,24). The molecule has 2 saturated heterocycles. The van der Waals surface area contributed by atoms with Crippen LogP contribution >= 0.6 is 0 Å². The zero-order valence-corrected chi connectivity index (χ0v) is 14.4. The number of nitrogens with zero attached hydrogens (tertiary/aromatic N) is 4. The smallest absolute Gasteiger partial charge is 0.234 e. The van der Waals surface area contributed by atoms with E-state index in [1.54, 1.807) is 0 Å². The van der Waals surface area contributed by atoms with Crippen LogP contribution in [-0.4, -0.2) is 47.3 Å². The van der Waals surface area contributed by atoms with Crippen LogP contribution < -0.4 is 10.2 Å². The molecule has 1 amide bonds. The van der Waals surface area contributed by atoms with Gasteiger partial charge < -0.3 is 14.2 Å². The second-order valence-electron chi connectivity index (χ2n) is 6.70. The number of rotatable bonds is 4. The molecule has 0 aliphatic carbocycles. The van der Waals surface area contributed by atoms with Crippen LogP contribution in [-0.2, 0) is 9.53 Å². The molecule has 2 aromatic heterocycles. The van der Waals surface area contributed by atoms with E-state index < -0.39 is 5.82 Å². The summed E-state index contributed by atoms with van der Waals surface area (Å²) in [5, 5.41) is 6.98. The summed E-state index contributed by atoms with van der Waals surface area (Å²) < 4.78 is 23.6. The zero-order chi connectivity index (χ0) is 18.1. The lowest BCUT2D eigenvalue weighted by Gasteiger charge is -2.37. The molecule has 9 heteroatoms. The number of carbonyl (C=O) groups excluding carboxylic acids is 1. The minimum Gasteiger partial charge on any atom is -0.381 e. The fraction of sp³-hybridized carbons (Fsp3) is 0.529. The van der Waals surface area contributed by atoms with Crippen LogP contribution in [0.25, 0.3) is 0 Å². The van der Waals surface area contributed by atoms with Gasteiger partial charge in [0.2, 0.25) is 17.7 Å². The highest BCUT2D eigenvalue weighted by atomic mass is 19.1. The Kier molecular flexibility index (Phi) is 4.54. The van der Waals surface area contributed by atoms with Crippen molar-refractivity contribution >= 4 is 17.7 Å². The van der Waals surface area contributed by atoms with Gasteiger partial charge in [-0.3, -0.25) is 10.1 Å². The number of amides is 1. The molecular formula is C17H20FN5O3. The van der Waals surface area contributed by atoms with Crippen molar-refractivity contribution in [1.29, 1.82) is 0 Å². The minimum absolute atomic E-state index is 0.124. The third-order valence-electron chi connectivity index (χ3n) is 4.95. The summed E-state index contributed by atoms with van der Waals surface area (Å²) in [7, 11) is 0. The minimum atomic E-state index is -0.482. The first-order valence-electron chi connectivity index (χ1n) is 8.69. The second-order valence-corrected chi connectivity index (χ2v) is 6.70. The number of aromatic nitrogens is 3. The third-order valence-corrected chi connectivity index (χ3v) is 4.95. The molecule has 4 heterocycles. The largest absolute Gasteiger partial charge is 0.381 e. The topological polar surface area (TPSA) is 93.4 Å². The normalized spacial score (nSPS) is 18.6. The molecule has 4 rings (SSSR count). The van der Waals surface area contributed by atoms with Crippen molar-refractivity contribution in [2.75, 3.05) is 36.5 Å². The van der Waals surface area contributed by atoms with Gasteiger partial charge in [0.25, 0.3) is 0 Å². The molecule has 0 spiro atoms. The monoisotopic (exact) mass is 361 g/mol. The Morgan fingerprint density at radius 1 is 1.27 bits per heavy atom. The number of hydrogen-bond donors (Lipinski definition) is 1. The SMILES string of the molecule is Cc1c(C2CCOCC2)noc1NC(=O)C1CN(c2ncc(F)cn2)C1. The maximum atomic E-state index is 12.9. The predicted octanol–water partition coefficient (Wildman–Crippen LogP) is 1.88. The van der Waals surface area contributed by atoms with Crippen molar-refractivity contribution in [3.05, 3.63) is 29.5 Å². The van der Waals surface area contributed by atoms with Crippen LogP contribution in [0.1, 0.15) is 30.0 Å². The summed E-state index contributed by atoms with van der Waals surface area (Å²) >= 11 is 0. The van der Waals surface area contributed by atoms with E-state index in [4.69, 9.17) is 9.26 Å². The maximum Gasteiger partial charge on any atom is 0.234 e. The van der Waals surface area contributed by atoms with Crippen LogP contribution in [0, 0.1) is 18.7 Å². The predicted molar refractivity (Wildman–Crippen MR) is 90.4 cm³/mol. The fourth-order valence-electron chi connectivity index (χ4n) is 3.31. The van der Waals surface area contributed by atoms with Crippen LogP contribution in [0.4, 0.5) is 16.2 Å². The quantitative estimate of drug-likeness (QED) is 0.889. The highest BCUT2D eigenvalue weighted by Gasteiger charge is 2.35. The van der Waals surface area contributed by atoms with Crippen molar-refractivity contribution in [3.63, 3.8) is 0 Å². The highest BCUT2D eigenvalue weighted by Crippen LogP contribution is 2.32. The van der Waals surface area contributed by atoms with Gasteiger partial charge >= 0.3 is 0 Å². The number of nitrogens with one attached hydrogen (secondary N) is 1. The molecule has 0 unspecified atom stereocenters. The molecule has 0 bridgehead atoms. The van der Waals surface area contributed by atoms with E-state index in [2.05, 4.69) is 20.4 Å². The van der Waals surface area contributed by atoms with Crippen LogP contribution in [0.2, 0.25) is 0 Å². The first kappa shape index (κ1) is 16.9. The summed E-state index contributed by atoms with van der Waals surface area (Å²) in [4.78, 5) is 22.1. The second kappa shape index (κ2) is 6.99. The molecule has 26 heavy (non-hydrogen) atoms. The van der Waals surface area contributed by atoms with Gasteiger partial charge in [-0.1, -0.05) is 5.16 Å². The van der Waals surface area contributed by atoms with E-state index in [9.17, 15) is 9.18 Å². The van der Waals surface area contributed by atoms with Gasteiger partial charge in [-0.25, -0.2) is 14.4 Å². The molecular weight excluding hydrogens is 341 g/mol. The molecule has 8 nitrogen and oxygen atoms in total. The van der Waals surface area contributed by atoms with Crippen molar-refractivity contribution in [2.24, 2.45) is 5.92 Å². The average Bonchev–Trinajstić information content (AvgIpc) is 2.97. The van der Waals surface area contributed by atoms with Crippen LogP contribution in [0.15, 0.2) is 16.9 Å². The molecule has 1 N–H and O–H groups in total. The third kappa shape index (κ3) is 3.26. The summed E-state index contributed by atoms with van der Waals surface area (Å²) in [5.41, 5.74) is 1.78. The van der Waals surface area contributed by atoms with Crippen molar-refractivity contribution in [2.45, 2.75) is 25.7 Å². The molecule has 2 fully saturated rings. The van der Waals surface area contributed by atoms with E-state index in [1.165, 1.54) is 0 Å². The first-order chi connectivity index (χ1) is 12.6. The van der Waals surface area contributed by atoms with E-state index >= 15 is 0 Å². The Morgan fingerprint density at radius 2 is 1.96 bits per heavy atom. The summed E-state index contributed by atoms with van der Waals surface area (Å²) in [6.07, 6.45) is 4.06. The Morgan fingerprint density at radius 3 is 2.65 bits per heavy atom. The molecule has 2 aromatic rings. The van der Waals surface area contributed by atoms with E-state index in [0.717, 1.165) is 49.7 Å². The molecule has 0 atom stereocenters. The van der Waals surface area contributed by atoms with Crippen LogP contribution in [0.5, 0.6) is 0 Å². The molecule has 2 aliphatic rings. The number of carbonyl (C=O) groups is 1. The van der Waals surface area contributed by atoms with Gasteiger partial charge in [0, 0.05) is 37.8 Å². The molecule has 0 radical (unpaired) electrons. The highest BCUT2D eigenvalue weighted by molar-refractivity contribution is 5.93. The first-order valence-corrected chi connectivity index (χ1v) is 8.69. The number of ether oxygens (including phenoxy) is 1. The lowest BCUT2D eigenvalue weighted by molar-refractivity contribution is -0.120. The summed E-state index contributed by atoms with van der Waals surface area (Å²) in [5.74, 6) is 0.347. The lowest BCUT2D eigenvalue weighted by atomic mass is 9.94. The van der Waals surface area contributed by atoms with Gasteiger partial charge in [-0.15, -0.1) is 0 Å². The van der Waals surface area contributed by atoms with E-state index in [0.29, 0.717) is 30.8 Å². The van der Waals surface area contributed by atoms with Gasteiger partial charge in [-0.05, 0) is 19.8 Å². The van der Waals surface area contributed by atoms with Crippen molar-refractivity contribution in [3.8, 4) is 0 Å². The zero-order valence-electron chi connectivity index (χ0n) is 14.4. The molecule has 138 valence electrons. The molecule has 0 saturated carbocycles. The fourth-order valence-corrected chi connectivity index (χ4v) is 3.31. The van der Waals surface area contributed by atoms with Gasteiger partial charge in [0.15, 0.2) is 5.82 Å². The molecule has 2 aliphatic heterocycles. The lowest BCUT2D eigenvalue weighted by Crippen LogP contribution is -2.52.